The lowest BCUT2D eigenvalue weighted by molar-refractivity contribution is 0.0578. The van der Waals surface area contributed by atoms with E-state index < -0.39 is 20.1 Å². The summed E-state index contributed by atoms with van der Waals surface area (Å²) in [6.45, 7) is 13.8. The van der Waals surface area contributed by atoms with Crippen molar-refractivity contribution in [1.82, 2.24) is 9.78 Å². The van der Waals surface area contributed by atoms with Crippen molar-refractivity contribution in [2.24, 2.45) is 7.05 Å². The minimum absolute atomic E-state index is 0.102. The van der Waals surface area contributed by atoms with E-state index in [0.717, 1.165) is 18.5 Å². The summed E-state index contributed by atoms with van der Waals surface area (Å²) in [6, 6.07) is 0. The van der Waals surface area contributed by atoms with E-state index in [1.54, 1.807) is 16.6 Å². The molecule has 0 atom stereocenters. The predicted molar refractivity (Wildman–Crippen MR) is 102 cm³/mol. The van der Waals surface area contributed by atoms with Gasteiger partial charge in [-0.05, 0) is 44.7 Å². The maximum absolute atomic E-state index is 16.3. The molecule has 0 N–H and O–H groups in total. The van der Waals surface area contributed by atoms with Crippen molar-refractivity contribution in [3.63, 3.8) is 0 Å². The van der Waals surface area contributed by atoms with Gasteiger partial charge in [0, 0.05) is 13.6 Å². The molecule has 1 aliphatic rings. The Morgan fingerprint density at radius 1 is 1.24 bits per heavy atom. The second kappa shape index (κ2) is 6.74. The maximum Gasteiger partial charge on any atom is 0.414 e. The highest BCUT2D eigenvalue weighted by atomic mass is 28.4. The van der Waals surface area contributed by atoms with Gasteiger partial charge in [0.15, 0.2) is 0 Å². The fraction of sp³-hybridized carbons (Fsp3) is 0.778. The van der Waals surface area contributed by atoms with Crippen LogP contribution in [0.1, 0.15) is 60.6 Å². The summed E-state index contributed by atoms with van der Waals surface area (Å²) in [5, 5.41) is 5.20. The van der Waals surface area contributed by atoms with Gasteiger partial charge in [-0.25, -0.2) is 4.79 Å². The Labute approximate surface area is 151 Å². The average Bonchev–Trinajstić information content (AvgIpc) is 2.79. The van der Waals surface area contributed by atoms with Crippen LogP contribution < -0.4 is 10.2 Å². The van der Waals surface area contributed by atoms with Gasteiger partial charge in [0.2, 0.25) is 0 Å². The molecule has 0 saturated carbocycles. The summed E-state index contributed by atoms with van der Waals surface area (Å²) < 4.78 is 23.6. The van der Waals surface area contributed by atoms with E-state index in [2.05, 4.69) is 5.10 Å². The van der Waals surface area contributed by atoms with Crippen molar-refractivity contribution in [2.45, 2.75) is 78.0 Å². The SMILES string of the molecule is CC(C)[Si](F)(c1c2c(nn1C)CCCN2C(=O)OC(C)(C)C)C(C)C. The second-order valence-electron chi connectivity index (χ2n) is 8.58. The summed E-state index contributed by atoms with van der Waals surface area (Å²) in [5.74, 6) is 0. The van der Waals surface area contributed by atoms with Gasteiger partial charge in [0.05, 0.1) is 16.7 Å². The highest BCUT2D eigenvalue weighted by Gasteiger charge is 2.50. The van der Waals surface area contributed by atoms with Crippen LogP contribution in [-0.4, -0.2) is 36.4 Å². The number of carbonyl (C=O) groups is 1. The molecule has 0 unspecified atom stereocenters. The molecule has 0 aliphatic carbocycles. The number of aryl methyl sites for hydroxylation is 2. The molecule has 0 bridgehead atoms. The molecular weight excluding hydrogens is 337 g/mol. The van der Waals surface area contributed by atoms with E-state index in [1.807, 2.05) is 48.5 Å². The Morgan fingerprint density at radius 3 is 2.28 bits per heavy atom. The van der Waals surface area contributed by atoms with Gasteiger partial charge in [0.25, 0.3) is 0 Å². The van der Waals surface area contributed by atoms with E-state index in [0.29, 0.717) is 17.5 Å². The summed E-state index contributed by atoms with van der Waals surface area (Å²) in [4.78, 5) is 14.4. The number of ether oxygens (including phenoxy) is 1. The summed E-state index contributed by atoms with van der Waals surface area (Å²) in [7, 11) is -1.55. The number of hydrogen-bond acceptors (Lipinski definition) is 3. The second-order valence-corrected chi connectivity index (χ2v) is 12.9. The third kappa shape index (κ3) is 3.61. The highest BCUT2D eigenvalue weighted by molar-refractivity contribution is 6.88. The molecular formula is C18H32FN3O2Si. The molecule has 0 aromatic carbocycles. The number of fused-ring (bicyclic) bond motifs is 1. The van der Waals surface area contributed by atoms with Crippen LogP contribution in [0.5, 0.6) is 0 Å². The molecule has 1 aromatic heterocycles. The van der Waals surface area contributed by atoms with Crippen LogP contribution >= 0.6 is 0 Å². The third-order valence-electron chi connectivity index (χ3n) is 4.81. The fourth-order valence-electron chi connectivity index (χ4n) is 3.68. The van der Waals surface area contributed by atoms with Crippen LogP contribution in [0.25, 0.3) is 0 Å². The summed E-state index contributed by atoms with van der Waals surface area (Å²) >= 11 is 0. The van der Waals surface area contributed by atoms with Crippen molar-refractivity contribution in [3.05, 3.63) is 5.69 Å². The molecule has 2 rings (SSSR count). The Kier molecular flexibility index (Phi) is 5.38. The number of aromatic nitrogens is 2. The monoisotopic (exact) mass is 369 g/mol. The number of rotatable bonds is 3. The lowest BCUT2D eigenvalue weighted by Gasteiger charge is -2.35. The Bertz CT molecular complexity index is 641. The zero-order valence-electron chi connectivity index (χ0n) is 16.8. The molecule has 1 aliphatic heterocycles. The maximum atomic E-state index is 16.3. The first kappa shape index (κ1) is 19.9. The van der Waals surface area contributed by atoms with E-state index in [1.165, 1.54) is 0 Å². The first-order valence-corrected chi connectivity index (χ1v) is 11.2. The van der Waals surface area contributed by atoms with Gasteiger partial charge in [0.1, 0.15) is 5.60 Å². The number of halogens is 1. The third-order valence-corrected chi connectivity index (χ3v) is 9.46. The smallest absolute Gasteiger partial charge is 0.414 e. The number of carbonyl (C=O) groups excluding carboxylic acids is 1. The first-order valence-electron chi connectivity index (χ1n) is 9.15. The number of hydrogen-bond donors (Lipinski definition) is 0. The van der Waals surface area contributed by atoms with Crippen molar-refractivity contribution in [3.8, 4) is 0 Å². The molecule has 1 amide bonds. The zero-order chi connectivity index (χ0) is 19.2. The number of anilines is 1. The largest absolute Gasteiger partial charge is 0.443 e. The van der Waals surface area contributed by atoms with Gasteiger partial charge < -0.3 is 8.84 Å². The van der Waals surface area contributed by atoms with Crippen molar-refractivity contribution in [1.29, 1.82) is 0 Å². The number of amides is 1. The lowest BCUT2D eigenvalue weighted by Crippen LogP contribution is -2.55. The van der Waals surface area contributed by atoms with Gasteiger partial charge in [-0.1, -0.05) is 27.7 Å². The van der Waals surface area contributed by atoms with Gasteiger partial charge in [-0.3, -0.25) is 9.58 Å². The van der Waals surface area contributed by atoms with Gasteiger partial charge >= 0.3 is 14.5 Å². The van der Waals surface area contributed by atoms with Crippen LogP contribution in [0.4, 0.5) is 14.6 Å². The van der Waals surface area contributed by atoms with Crippen molar-refractivity contribution < 1.29 is 13.6 Å². The van der Waals surface area contributed by atoms with E-state index in [9.17, 15) is 4.79 Å². The minimum Gasteiger partial charge on any atom is -0.443 e. The molecule has 142 valence electrons. The predicted octanol–water partition coefficient (Wildman–Crippen LogP) is 4.05. The first-order chi connectivity index (χ1) is 11.4. The quantitative estimate of drug-likeness (QED) is 0.596. The van der Waals surface area contributed by atoms with Crippen LogP contribution in [0, 0.1) is 0 Å². The van der Waals surface area contributed by atoms with Crippen LogP contribution in [-0.2, 0) is 18.2 Å². The molecule has 7 heteroatoms. The molecule has 25 heavy (non-hydrogen) atoms. The Balaban J connectivity index is 2.59. The Hall–Kier alpha value is -1.37. The lowest BCUT2D eigenvalue weighted by atomic mass is 10.1. The van der Waals surface area contributed by atoms with Crippen LogP contribution in [0.15, 0.2) is 0 Å². The number of nitrogens with zero attached hydrogens (tertiary/aromatic N) is 3. The molecule has 2 heterocycles. The minimum atomic E-state index is -3.35. The molecule has 0 spiro atoms. The van der Waals surface area contributed by atoms with Crippen LogP contribution in [0.3, 0.4) is 0 Å². The average molecular weight is 370 g/mol. The van der Waals surface area contributed by atoms with Crippen molar-refractivity contribution in [2.75, 3.05) is 11.4 Å². The van der Waals surface area contributed by atoms with E-state index in [-0.39, 0.29) is 11.1 Å². The normalized spacial score (nSPS) is 15.7. The highest BCUT2D eigenvalue weighted by Crippen LogP contribution is 2.38. The summed E-state index contributed by atoms with van der Waals surface area (Å²) in [5.41, 5.74) is 0.686. The van der Waals surface area contributed by atoms with E-state index in [4.69, 9.17) is 4.74 Å². The summed E-state index contributed by atoms with van der Waals surface area (Å²) in [6.07, 6.45) is 1.17. The molecule has 0 saturated heterocycles. The zero-order valence-corrected chi connectivity index (χ0v) is 17.8. The molecule has 1 aromatic rings. The van der Waals surface area contributed by atoms with Gasteiger partial charge in [-0.15, -0.1) is 0 Å². The molecule has 0 fully saturated rings. The van der Waals surface area contributed by atoms with E-state index >= 15 is 4.11 Å². The molecule has 0 radical (unpaired) electrons. The topological polar surface area (TPSA) is 47.4 Å². The fourth-order valence-corrected chi connectivity index (χ4v) is 7.29. The van der Waals surface area contributed by atoms with Gasteiger partial charge in [-0.2, -0.15) is 5.10 Å². The van der Waals surface area contributed by atoms with Crippen LogP contribution in [0.2, 0.25) is 11.1 Å². The molecule has 5 nitrogen and oxygen atoms in total. The Morgan fingerprint density at radius 2 is 1.80 bits per heavy atom. The standard InChI is InChI=1S/C18H32FN3O2Si/c1-12(2)25(19,13(3)4)16-15-14(20-21(16)8)10-9-11-22(15)17(23)24-18(5,6)7/h12-13H,9-11H2,1-8H3. The van der Waals surface area contributed by atoms with Crippen molar-refractivity contribution >= 4 is 25.5 Å².